The number of para-hydroxylation sites is 1. The van der Waals surface area contributed by atoms with E-state index >= 15 is 0 Å². The molecule has 0 atom stereocenters. The Hall–Kier alpha value is -1.06. The molecule has 1 aromatic carbocycles. The van der Waals surface area contributed by atoms with Crippen molar-refractivity contribution in [1.82, 2.24) is 5.32 Å². The largest absolute Gasteiger partial charge is 0.381 e. The summed E-state index contributed by atoms with van der Waals surface area (Å²) in [6, 6.07) is 9.30. The first-order valence-corrected chi connectivity index (χ1v) is 6.92. The van der Waals surface area contributed by atoms with Gasteiger partial charge in [-0.3, -0.25) is 0 Å². The van der Waals surface area contributed by atoms with Gasteiger partial charge in [0.1, 0.15) is 0 Å². The normalized spacial score (nSPS) is 16.8. The van der Waals surface area contributed by atoms with Crippen molar-refractivity contribution in [3.63, 3.8) is 0 Å². The molecule has 3 nitrogen and oxygen atoms in total. The molecule has 0 bridgehead atoms. The van der Waals surface area contributed by atoms with Gasteiger partial charge in [0.2, 0.25) is 0 Å². The second-order valence-electron chi connectivity index (χ2n) is 4.86. The zero-order valence-corrected chi connectivity index (χ0v) is 11.5. The molecule has 1 aliphatic rings. The molecule has 2 rings (SSSR count). The van der Waals surface area contributed by atoms with Crippen molar-refractivity contribution < 1.29 is 4.74 Å². The zero-order valence-electron chi connectivity index (χ0n) is 11.5. The molecule has 0 spiro atoms. The van der Waals surface area contributed by atoms with Crippen LogP contribution in [0.15, 0.2) is 24.3 Å². The van der Waals surface area contributed by atoms with Gasteiger partial charge in [0.25, 0.3) is 0 Å². The number of ether oxygens (including phenoxy) is 1. The average molecular weight is 248 g/mol. The summed E-state index contributed by atoms with van der Waals surface area (Å²) >= 11 is 0. The van der Waals surface area contributed by atoms with Gasteiger partial charge in [0.05, 0.1) is 0 Å². The molecule has 1 fully saturated rings. The van der Waals surface area contributed by atoms with Crippen LogP contribution in [0.4, 0.5) is 5.69 Å². The van der Waals surface area contributed by atoms with E-state index in [2.05, 4.69) is 48.5 Å². The second-order valence-corrected chi connectivity index (χ2v) is 4.86. The lowest BCUT2D eigenvalue weighted by molar-refractivity contribution is 0.0854. The first kappa shape index (κ1) is 13.4. The Bertz CT molecular complexity index is 361. The van der Waals surface area contributed by atoms with Gasteiger partial charge in [0, 0.05) is 38.5 Å². The van der Waals surface area contributed by atoms with Crippen LogP contribution in [0.2, 0.25) is 0 Å². The standard InChI is InChI=1S/C15H24N2O/c1-3-16-12-13-6-4-5-7-15(13)17(2)14-8-10-18-11-9-14/h4-7,14,16H,3,8-12H2,1-2H3. The summed E-state index contributed by atoms with van der Waals surface area (Å²) in [7, 11) is 2.21. The highest BCUT2D eigenvalue weighted by Crippen LogP contribution is 2.24. The Kier molecular flexibility index (Phi) is 5.02. The van der Waals surface area contributed by atoms with Gasteiger partial charge in [-0.05, 0) is 31.0 Å². The van der Waals surface area contributed by atoms with Crippen LogP contribution in [0.25, 0.3) is 0 Å². The summed E-state index contributed by atoms with van der Waals surface area (Å²) in [6.07, 6.45) is 2.26. The maximum atomic E-state index is 5.44. The van der Waals surface area contributed by atoms with E-state index in [4.69, 9.17) is 4.74 Å². The number of nitrogens with zero attached hydrogens (tertiary/aromatic N) is 1. The van der Waals surface area contributed by atoms with Crippen LogP contribution in [0.5, 0.6) is 0 Å². The van der Waals surface area contributed by atoms with Crippen molar-refractivity contribution in [2.24, 2.45) is 0 Å². The lowest BCUT2D eigenvalue weighted by atomic mass is 10.0. The number of rotatable bonds is 5. The predicted molar refractivity (Wildman–Crippen MR) is 76.1 cm³/mol. The molecule has 0 amide bonds. The van der Waals surface area contributed by atoms with Gasteiger partial charge < -0.3 is 15.0 Å². The molecule has 1 heterocycles. The van der Waals surface area contributed by atoms with Crippen LogP contribution in [-0.4, -0.2) is 32.8 Å². The number of nitrogens with one attached hydrogen (secondary N) is 1. The van der Waals surface area contributed by atoms with Crippen molar-refractivity contribution in [2.45, 2.75) is 32.4 Å². The van der Waals surface area contributed by atoms with Crippen molar-refractivity contribution in [3.8, 4) is 0 Å². The SMILES string of the molecule is CCNCc1ccccc1N(C)C1CCOCC1. The third kappa shape index (κ3) is 3.24. The van der Waals surface area contributed by atoms with E-state index in [1.165, 1.54) is 11.3 Å². The van der Waals surface area contributed by atoms with Gasteiger partial charge >= 0.3 is 0 Å². The van der Waals surface area contributed by atoms with Gasteiger partial charge in [-0.15, -0.1) is 0 Å². The third-order valence-electron chi connectivity index (χ3n) is 3.68. The second kappa shape index (κ2) is 6.76. The van der Waals surface area contributed by atoms with Crippen LogP contribution >= 0.6 is 0 Å². The fourth-order valence-electron chi connectivity index (χ4n) is 2.53. The quantitative estimate of drug-likeness (QED) is 0.866. The van der Waals surface area contributed by atoms with Gasteiger partial charge in [-0.2, -0.15) is 0 Å². The summed E-state index contributed by atoms with van der Waals surface area (Å²) in [5, 5.41) is 3.41. The topological polar surface area (TPSA) is 24.5 Å². The van der Waals surface area contributed by atoms with E-state index < -0.39 is 0 Å². The third-order valence-corrected chi connectivity index (χ3v) is 3.68. The minimum absolute atomic E-state index is 0.613. The molecule has 0 aromatic heterocycles. The van der Waals surface area contributed by atoms with Crippen molar-refractivity contribution >= 4 is 5.69 Å². The monoisotopic (exact) mass is 248 g/mol. The van der Waals surface area contributed by atoms with E-state index in [0.29, 0.717) is 6.04 Å². The Labute approximate surface area is 110 Å². The number of hydrogen-bond donors (Lipinski definition) is 1. The fourth-order valence-corrected chi connectivity index (χ4v) is 2.53. The Morgan fingerprint density at radius 1 is 1.28 bits per heavy atom. The molecular weight excluding hydrogens is 224 g/mol. The molecule has 0 radical (unpaired) electrons. The van der Waals surface area contributed by atoms with Gasteiger partial charge in [-0.1, -0.05) is 25.1 Å². The molecule has 100 valence electrons. The molecule has 3 heteroatoms. The van der Waals surface area contributed by atoms with E-state index in [-0.39, 0.29) is 0 Å². The molecule has 1 aromatic rings. The first-order valence-electron chi connectivity index (χ1n) is 6.92. The van der Waals surface area contributed by atoms with E-state index in [1.54, 1.807) is 0 Å². The molecular formula is C15H24N2O. The highest BCUT2D eigenvalue weighted by Gasteiger charge is 2.20. The van der Waals surface area contributed by atoms with Gasteiger partial charge in [-0.25, -0.2) is 0 Å². The highest BCUT2D eigenvalue weighted by atomic mass is 16.5. The average Bonchev–Trinajstić information content (AvgIpc) is 2.45. The summed E-state index contributed by atoms with van der Waals surface area (Å²) in [5.41, 5.74) is 2.73. The van der Waals surface area contributed by atoms with E-state index in [9.17, 15) is 0 Å². The van der Waals surface area contributed by atoms with Crippen molar-refractivity contribution in [3.05, 3.63) is 29.8 Å². The Balaban J connectivity index is 2.10. The van der Waals surface area contributed by atoms with Crippen LogP contribution in [-0.2, 0) is 11.3 Å². The number of anilines is 1. The van der Waals surface area contributed by atoms with Crippen LogP contribution in [0.1, 0.15) is 25.3 Å². The fraction of sp³-hybridized carbons (Fsp3) is 0.600. The minimum Gasteiger partial charge on any atom is -0.381 e. The molecule has 0 saturated carbocycles. The maximum Gasteiger partial charge on any atom is 0.0485 e. The Morgan fingerprint density at radius 3 is 2.72 bits per heavy atom. The molecule has 1 aliphatic heterocycles. The van der Waals surface area contributed by atoms with Gasteiger partial charge in [0.15, 0.2) is 0 Å². The maximum absolute atomic E-state index is 5.44. The highest BCUT2D eigenvalue weighted by molar-refractivity contribution is 5.53. The van der Waals surface area contributed by atoms with Crippen LogP contribution in [0, 0.1) is 0 Å². The van der Waals surface area contributed by atoms with E-state index in [1.807, 2.05) is 0 Å². The lowest BCUT2D eigenvalue weighted by Crippen LogP contribution is -2.37. The Morgan fingerprint density at radius 2 is 2.00 bits per heavy atom. The van der Waals surface area contributed by atoms with E-state index in [0.717, 1.165) is 39.1 Å². The number of benzene rings is 1. The minimum atomic E-state index is 0.613. The predicted octanol–water partition coefficient (Wildman–Crippen LogP) is 2.41. The summed E-state index contributed by atoms with van der Waals surface area (Å²) in [6.45, 7) is 5.88. The smallest absolute Gasteiger partial charge is 0.0485 e. The molecule has 1 N–H and O–H groups in total. The summed E-state index contributed by atoms with van der Waals surface area (Å²) < 4.78 is 5.44. The molecule has 0 unspecified atom stereocenters. The molecule has 1 saturated heterocycles. The zero-order chi connectivity index (χ0) is 12.8. The number of hydrogen-bond acceptors (Lipinski definition) is 3. The van der Waals surface area contributed by atoms with Crippen LogP contribution < -0.4 is 10.2 Å². The lowest BCUT2D eigenvalue weighted by Gasteiger charge is -2.34. The summed E-state index contributed by atoms with van der Waals surface area (Å²) in [5.74, 6) is 0. The van der Waals surface area contributed by atoms with Crippen LogP contribution in [0.3, 0.4) is 0 Å². The first-order chi connectivity index (χ1) is 8.83. The van der Waals surface area contributed by atoms with Crippen molar-refractivity contribution in [1.29, 1.82) is 0 Å². The molecule has 18 heavy (non-hydrogen) atoms. The molecule has 0 aliphatic carbocycles. The van der Waals surface area contributed by atoms with Crippen molar-refractivity contribution in [2.75, 3.05) is 31.7 Å². The summed E-state index contributed by atoms with van der Waals surface area (Å²) in [4.78, 5) is 2.43.